The normalized spacial score (nSPS) is 22.3. The van der Waals surface area contributed by atoms with Gasteiger partial charge in [-0.1, -0.05) is 0 Å². The third kappa shape index (κ3) is 3.42. The van der Waals surface area contributed by atoms with Crippen LogP contribution in [0.1, 0.15) is 27.7 Å². The molecule has 1 aliphatic heterocycles. The summed E-state index contributed by atoms with van der Waals surface area (Å²) >= 11 is 0. The number of nitrogens with one attached hydrogen (secondary N) is 1. The van der Waals surface area contributed by atoms with Crippen LogP contribution in [-0.2, 0) is 9.53 Å². The number of hydrogen-bond acceptors (Lipinski definition) is 3. The van der Waals surface area contributed by atoms with E-state index in [0.29, 0.717) is 6.54 Å². The molecule has 5 nitrogen and oxygen atoms in total. The van der Waals surface area contributed by atoms with Crippen molar-refractivity contribution in [2.24, 2.45) is 0 Å². The van der Waals surface area contributed by atoms with Crippen LogP contribution in [0.15, 0.2) is 0 Å². The first-order valence-corrected chi connectivity index (χ1v) is 5.06. The van der Waals surface area contributed by atoms with E-state index in [1.165, 1.54) is 4.90 Å². The van der Waals surface area contributed by atoms with Gasteiger partial charge in [0.1, 0.15) is 12.1 Å². The molecule has 0 aromatic rings. The highest BCUT2D eigenvalue weighted by Crippen LogP contribution is 2.12. The molecule has 0 aliphatic carbocycles. The molecule has 15 heavy (non-hydrogen) atoms. The van der Waals surface area contributed by atoms with Crippen LogP contribution in [0.25, 0.3) is 0 Å². The summed E-state index contributed by atoms with van der Waals surface area (Å²) in [6.07, 6.45) is -0.426. The predicted molar refractivity (Wildman–Crippen MR) is 55.4 cm³/mol. The summed E-state index contributed by atoms with van der Waals surface area (Å²) < 4.78 is 5.20. The predicted octanol–water partition coefficient (Wildman–Crippen LogP) is 0.742. The molecule has 0 bridgehead atoms. The van der Waals surface area contributed by atoms with Gasteiger partial charge in [0.25, 0.3) is 0 Å². The van der Waals surface area contributed by atoms with E-state index >= 15 is 0 Å². The van der Waals surface area contributed by atoms with Gasteiger partial charge in [-0.05, 0) is 27.7 Å². The standard InChI is InChI=1S/C10H18N2O3/c1-7-5-11-8(13)6-12(7)9(14)15-10(2,3)4/h7H,5-6H2,1-4H3,(H,11,13)/t7-/m0/s1. The Hall–Kier alpha value is -1.26. The van der Waals surface area contributed by atoms with Gasteiger partial charge in [0.2, 0.25) is 5.91 Å². The second-order valence-electron chi connectivity index (χ2n) is 4.76. The molecular weight excluding hydrogens is 196 g/mol. The van der Waals surface area contributed by atoms with Crippen molar-refractivity contribution in [3.8, 4) is 0 Å². The largest absolute Gasteiger partial charge is 0.444 e. The quantitative estimate of drug-likeness (QED) is 0.647. The van der Waals surface area contributed by atoms with Gasteiger partial charge in [0.05, 0.1) is 6.04 Å². The molecular formula is C10H18N2O3. The van der Waals surface area contributed by atoms with E-state index in [-0.39, 0.29) is 18.5 Å². The molecule has 2 amide bonds. The van der Waals surface area contributed by atoms with Gasteiger partial charge < -0.3 is 10.1 Å². The van der Waals surface area contributed by atoms with E-state index in [9.17, 15) is 9.59 Å². The van der Waals surface area contributed by atoms with Gasteiger partial charge in [-0.25, -0.2) is 4.79 Å². The van der Waals surface area contributed by atoms with E-state index < -0.39 is 11.7 Å². The van der Waals surface area contributed by atoms with Crippen LogP contribution in [0.4, 0.5) is 4.79 Å². The van der Waals surface area contributed by atoms with Crippen LogP contribution in [0.2, 0.25) is 0 Å². The van der Waals surface area contributed by atoms with Gasteiger partial charge >= 0.3 is 6.09 Å². The van der Waals surface area contributed by atoms with E-state index in [1.807, 2.05) is 6.92 Å². The number of rotatable bonds is 0. The minimum absolute atomic E-state index is 0.0162. The summed E-state index contributed by atoms with van der Waals surface area (Å²) in [5, 5.41) is 2.69. The SMILES string of the molecule is C[C@H]1CNC(=O)CN1C(=O)OC(C)(C)C. The lowest BCUT2D eigenvalue weighted by Crippen LogP contribution is -2.56. The highest BCUT2D eigenvalue weighted by molar-refractivity contribution is 5.83. The molecule has 1 N–H and O–H groups in total. The summed E-state index contributed by atoms with van der Waals surface area (Å²) in [6, 6.07) is -0.0162. The average molecular weight is 214 g/mol. The minimum atomic E-state index is -0.523. The summed E-state index contributed by atoms with van der Waals surface area (Å²) in [7, 11) is 0. The van der Waals surface area contributed by atoms with Crippen molar-refractivity contribution in [2.45, 2.75) is 39.3 Å². The van der Waals surface area contributed by atoms with E-state index in [1.54, 1.807) is 20.8 Å². The topological polar surface area (TPSA) is 58.6 Å². The average Bonchev–Trinajstić information content (AvgIpc) is 2.06. The van der Waals surface area contributed by atoms with E-state index in [0.717, 1.165) is 0 Å². The molecule has 0 unspecified atom stereocenters. The highest BCUT2D eigenvalue weighted by Gasteiger charge is 2.30. The van der Waals surface area contributed by atoms with Crippen LogP contribution >= 0.6 is 0 Å². The van der Waals surface area contributed by atoms with Crippen LogP contribution in [0, 0.1) is 0 Å². The zero-order chi connectivity index (χ0) is 11.6. The molecule has 5 heteroatoms. The number of nitrogens with zero attached hydrogens (tertiary/aromatic N) is 1. The number of carbonyl (C=O) groups excluding carboxylic acids is 2. The molecule has 1 saturated heterocycles. The van der Waals surface area contributed by atoms with Crippen LogP contribution in [-0.4, -0.2) is 41.6 Å². The van der Waals surface area contributed by atoms with Gasteiger partial charge in [0, 0.05) is 6.54 Å². The molecule has 0 spiro atoms. The fourth-order valence-electron chi connectivity index (χ4n) is 1.30. The van der Waals surface area contributed by atoms with Gasteiger partial charge in [-0.3, -0.25) is 9.69 Å². The monoisotopic (exact) mass is 214 g/mol. The maximum atomic E-state index is 11.7. The van der Waals surface area contributed by atoms with Crippen molar-refractivity contribution in [3.63, 3.8) is 0 Å². The van der Waals surface area contributed by atoms with Crippen molar-refractivity contribution >= 4 is 12.0 Å². The lowest BCUT2D eigenvalue weighted by atomic mass is 10.2. The Labute approximate surface area is 89.8 Å². The zero-order valence-corrected chi connectivity index (χ0v) is 9.66. The molecule has 0 aromatic heterocycles. The smallest absolute Gasteiger partial charge is 0.411 e. The maximum absolute atomic E-state index is 11.7. The molecule has 1 atom stereocenters. The van der Waals surface area contributed by atoms with Crippen molar-refractivity contribution in [1.29, 1.82) is 0 Å². The molecule has 0 aromatic carbocycles. The number of piperazine rings is 1. The number of hydrogen-bond donors (Lipinski definition) is 1. The number of carbonyl (C=O) groups is 2. The lowest BCUT2D eigenvalue weighted by molar-refractivity contribution is -0.125. The second kappa shape index (κ2) is 4.08. The van der Waals surface area contributed by atoms with Gasteiger partial charge in [-0.15, -0.1) is 0 Å². The van der Waals surface area contributed by atoms with Crippen molar-refractivity contribution in [1.82, 2.24) is 10.2 Å². The third-order valence-electron chi connectivity index (χ3n) is 2.07. The first-order valence-electron chi connectivity index (χ1n) is 5.06. The highest BCUT2D eigenvalue weighted by atomic mass is 16.6. The Morgan fingerprint density at radius 1 is 1.53 bits per heavy atom. The minimum Gasteiger partial charge on any atom is -0.444 e. The lowest BCUT2D eigenvalue weighted by Gasteiger charge is -2.34. The second-order valence-corrected chi connectivity index (χ2v) is 4.76. The van der Waals surface area contributed by atoms with Gasteiger partial charge in [0.15, 0.2) is 0 Å². The van der Waals surface area contributed by atoms with E-state index in [4.69, 9.17) is 4.74 Å². The summed E-state index contributed by atoms with van der Waals surface area (Å²) in [5.74, 6) is -0.140. The Morgan fingerprint density at radius 3 is 2.67 bits per heavy atom. The molecule has 86 valence electrons. The third-order valence-corrected chi connectivity index (χ3v) is 2.07. The fraction of sp³-hybridized carbons (Fsp3) is 0.800. The molecule has 0 saturated carbocycles. The maximum Gasteiger partial charge on any atom is 0.411 e. The molecule has 1 fully saturated rings. The fourth-order valence-corrected chi connectivity index (χ4v) is 1.30. The summed E-state index contributed by atoms with van der Waals surface area (Å²) in [6.45, 7) is 7.86. The van der Waals surface area contributed by atoms with Crippen molar-refractivity contribution in [3.05, 3.63) is 0 Å². The Balaban J connectivity index is 2.61. The molecule has 0 radical (unpaired) electrons. The van der Waals surface area contributed by atoms with Crippen molar-refractivity contribution < 1.29 is 14.3 Å². The molecule has 1 rings (SSSR count). The van der Waals surface area contributed by atoms with E-state index in [2.05, 4.69) is 5.32 Å². The van der Waals surface area contributed by atoms with Crippen LogP contribution < -0.4 is 5.32 Å². The number of ether oxygens (including phenoxy) is 1. The Bertz CT molecular complexity index is 270. The van der Waals surface area contributed by atoms with Gasteiger partial charge in [-0.2, -0.15) is 0 Å². The first kappa shape index (κ1) is 11.8. The molecule has 1 aliphatic rings. The first-order chi connectivity index (χ1) is 6.79. The Morgan fingerprint density at radius 2 is 2.13 bits per heavy atom. The summed E-state index contributed by atoms with van der Waals surface area (Å²) in [5.41, 5.74) is -0.523. The van der Waals surface area contributed by atoms with Crippen LogP contribution in [0.5, 0.6) is 0 Å². The number of amides is 2. The molecule has 1 heterocycles. The summed E-state index contributed by atoms with van der Waals surface area (Å²) in [4.78, 5) is 24.3. The zero-order valence-electron chi connectivity index (χ0n) is 9.66. The van der Waals surface area contributed by atoms with Crippen LogP contribution in [0.3, 0.4) is 0 Å². The van der Waals surface area contributed by atoms with Crippen molar-refractivity contribution in [2.75, 3.05) is 13.1 Å². The Kier molecular flexibility index (Phi) is 3.21.